The minimum atomic E-state index is -1.60. The van der Waals surface area contributed by atoms with Gasteiger partial charge in [-0.25, -0.2) is 4.98 Å². The van der Waals surface area contributed by atoms with Gasteiger partial charge in [0.2, 0.25) is 11.9 Å². The maximum absolute atomic E-state index is 12.4. The third-order valence-corrected chi connectivity index (χ3v) is 5.56. The Balaban J connectivity index is 0.00000456. The number of nitrogens with one attached hydrogen (secondary N) is 3. The molecule has 36 heavy (non-hydrogen) atoms. The van der Waals surface area contributed by atoms with Crippen molar-refractivity contribution < 1.29 is 29.4 Å². The van der Waals surface area contributed by atoms with E-state index in [0.717, 1.165) is 0 Å². The Morgan fingerprint density at radius 1 is 1.22 bits per heavy atom. The van der Waals surface area contributed by atoms with Crippen molar-refractivity contribution in [3.63, 3.8) is 0 Å². The number of aromatic nitrogens is 2. The molecule has 0 spiro atoms. The smallest absolute Gasteiger partial charge is 0.550 e. The van der Waals surface area contributed by atoms with Crippen LogP contribution in [0.3, 0.4) is 0 Å². The topological polar surface area (TPSA) is 213 Å². The molecule has 1 aromatic carbocycles. The molecule has 13 nitrogen and oxygen atoms in total. The van der Waals surface area contributed by atoms with Gasteiger partial charge in [0.1, 0.15) is 5.69 Å². The van der Waals surface area contributed by atoms with Crippen molar-refractivity contribution in [2.45, 2.75) is 44.7 Å². The molecular formula is C22H24CaN6O7. The second-order valence-corrected chi connectivity index (χ2v) is 8.04. The molecule has 186 valence electrons. The zero-order valence-electron chi connectivity index (χ0n) is 19.5. The summed E-state index contributed by atoms with van der Waals surface area (Å²) < 4.78 is 0. The van der Waals surface area contributed by atoms with E-state index in [0.29, 0.717) is 30.8 Å². The quantitative estimate of drug-likeness (QED) is 0.246. The van der Waals surface area contributed by atoms with E-state index in [9.17, 15) is 34.2 Å². The van der Waals surface area contributed by atoms with E-state index >= 15 is 0 Å². The van der Waals surface area contributed by atoms with Crippen LogP contribution in [0, 0.1) is 0 Å². The number of aromatic amines is 1. The molecule has 2 aromatic rings. The number of H-pyrrole nitrogens is 1. The summed E-state index contributed by atoms with van der Waals surface area (Å²) in [5.41, 5.74) is 6.53. The van der Waals surface area contributed by atoms with E-state index in [1.807, 2.05) is 0 Å². The predicted molar refractivity (Wildman–Crippen MR) is 126 cm³/mol. The number of aliphatic carboxylic acids is 2. The van der Waals surface area contributed by atoms with Crippen LogP contribution in [0.15, 0.2) is 29.1 Å². The maximum Gasteiger partial charge on any atom is 2.00 e. The van der Waals surface area contributed by atoms with Crippen LogP contribution < -0.4 is 37.0 Å². The number of amides is 2. The Bertz CT molecular complexity index is 1200. The molecule has 2 heterocycles. The van der Waals surface area contributed by atoms with Gasteiger partial charge in [0.15, 0.2) is 0 Å². The van der Waals surface area contributed by atoms with E-state index < -0.39 is 35.9 Å². The van der Waals surface area contributed by atoms with Crippen LogP contribution in [0.25, 0.3) is 0 Å². The Labute approximate surface area is 235 Å². The van der Waals surface area contributed by atoms with Crippen LogP contribution in [-0.2, 0) is 20.8 Å². The summed E-state index contributed by atoms with van der Waals surface area (Å²) in [4.78, 5) is 66.7. The summed E-state index contributed by atoms with van der Waals surface area (Å²) >= 11 is 0. The number of carboxylic acids is 2. The summed E-state index contributed by atoms with van der Waals surface area (Å²) in [6.45, 7) is 1.67. The number of carbonyl (C=O) groups excluding carboxylic acids is 4. The van der Waals surface area contributed by atoms with Crippen LogP contribution >= 0.6 is 0 Å². The van der Waals surface area contributed by atoms with Gasteiger partial charge in [-0.15, -0.1) is 0 Å². The number of carbonyl (C=O) groups is 4. The van der Waals surface area contributed by atoms with E-state index in [1.165, 1.54) is 24.0 Å². The number of hydrogen-bond acceptors (Lipinski definition) is 10. The molecule has 5 N–H and O–H groups in total. The number of hydrogen-bond donors (Lipinski definition) is 4. The van der Waals surface area contributed by atoms with Gasteiger partial charge in [-0.1, -0.05) is 0 Å². The first-order valence-corrected chi connectivity index (χ1v) is 10.8. The number of carboxylic acid groups (broad SMARTS) is 2. The first-order chi connectivity index (χ1) is 16.6. The SMILES string of the molecule is CC(=O)N1c2c(nc(N)[nH]c2=O)CC[C@@H]1CNc1ccc(C(=O)NC(CCC(=O)[O-])C(=O)[O-])cc1.[Ca+2]. The number of rotatable bonds is 9. The third-order valence-electron chi connectivity index (χ3n) is 5.56. The number of nitrogen functional groups attached to an aromatic ring is 1. The van der Waals surface area contributed by atoms with Crippen LogP contribution in [0.1, 0.15) is 42.2 Å². The van der Waals surface area contributed by atoms with Gasteiger partial charge in [-0.05, 0) is 49.9 Å². The molecule has 0 saturated heterocycles. The number of fused-ring (bicyclic) bond motifs is 1. The molecule has 0 aliphatic carbocycles. The summed E-state index contributed by atoms with van der Waals surface area (Å²) in [7, 11) is 0. The van der Waals surface area contributed by atoms with Crippen molar-refractivity contribution in [1.29, 1.82) is 0 Å². The first-order valence-electron chi connectivity index (χ1n) is 10.8. The molecule has 0 radical (unpaired) electrons. The van der Waals surface area contributed by atoms with Crippen LogP contribution in [0.5, 0.6) is 0 Å². The Kier molecular flexibility index (Phi) is 10.3. The van der Waals surface area contributed by atoms with E-state index in [-0.39, 0.29) is 73.3 Å². The van der Waals surface area contributed by atoms with Crippen LogP contribution in [0.4, 0.5) is 17.3 Å². The number of benzene rings is 1. The minimum absolute atomic E-state index is 0. The minimum Gasteiger partial charge on any atom is -0.550 e. The third kappa shape index (κ3) is 7.18. The van der Waals surface area contributed by atoms with Crippen molar-refractivity contribution in [1.82, 2.24) is 15.3 Å². The molecule has 2 atom stereocenters. The van der Waals surface area contributed by atoms with Crippen LogP contribution in [0.2, 0.25) is 0 Å². The van der Waals surface area contributed by atoms with Crippen molar-refractivity contribution in [2.24, 2.45) is 0 Å². The van der Waals surface area contributed by atoms with Gasteiger partial charge in [0.25, 0.3) is 11.5 Å². The fraction of sp³-hybridized carbons (Fsp3) is 0.364. The van der Waals surface area contributed by atoms with Crippen molar-refractivity contribution in [3.8, 4) is 0 Å². The molecular weight excluding hydrogens is 500 g/mol. The van der Waals surface area contributed by atoms with E-state index in [4.69, 9.17) is 5.73 Å². The van der Waals surface area contributed by atoms with Crippen molar-refractivity contribution in [3.05, 3.63) is 45.9 Å². The fourth-order valence-electron chi connectivity index (χ4n) is 3.91. The Hall–Kier alpha value is -3.16. The van der Waals surface area contributed by atoms with Crippen molar-refractivity contribution >= 4 is 78.8 Å². The van der Waals surface area contributed by atoms with Gasteiger partial charge in [-0.2, -0.15) is 0 Å². The van der Waals surface area contributed by atoms with Gasteiger partial charge in [0, 0.05) is 30.7 Å². The number of nitrogens with zero attached hydrogens (tertiary/aromatic N) is 2. The molecule has 14 heteroatoms. The molecule has 0 saturated carbocycles. The molecule has 3 rings (SSSR count). The fourth-order valence-corrected chi connectivity index (χ4v) is 3.91. The average molecular weight is 525 g/mol. The van der Waals surface area contributed by atoms with Crippen LogP contribution in [-0.4, -0.2) is 90.1 Å². The summed E-state index contributed by atoms with van der Waals surface area (Å²) in [6.07, 6.45) is 0.112. The average Bonchev–Trinajstić information content (AvgIpc) is 2.79. The molecule has 1 aliphatic rings. The van der Waals surface area contributed by atoms with E-state index in [1.54, 1.807) is 12.1 Å². The second-order valence-electron chi connectivity index (χ2n) is 8.04. The Morgan fingerprint density at radius 3 is 2.47 bits per heavy atom. The summed E-state index contributed by atoms with van der Waals surface area (Å²) in [5, 5.41) is 27.1. The Morgan fingerprint density at radius 2 is 1.89 bits per heavy atom. The molecule has 1 aliphatic heterocycles. The van der Waals surface area contributed by atoms with Gasteiger partial charge < -0.3 is 41.1 Å². The normalized spacial score (nSPS) is 15.1. The molecule has 0 fully saturated rings. The zero-order chi connectivity index (χ0) is 25.7. The van der Waals surface area contributed by atoms with Gasteiger partial charge in [0.05, 0.1) is 23.7 Å². The molecule has 2 amide bonds. The number of aryl methyl sites for hydroxylation is 1. The number of anilines is 3. The number of nitrogens with two attached hydrogens (primary N) is 1. The van der Waals surface area contributed by atoms with Gasteiger partial charge >= 0.3 is 37.7 Å². The van der Waals surface area contributed by atoms with Crippen molar-refractivity contribution in [2.75, 3.05) is 22.5 Å². The first kappa shape index (κ1) is 29.1. The van der Waals surface area contributed by atoms with Gasteiger partial charge in [-0.3, -0.25) is 19.4 Å². The zero-order valence-corrected chi connectivity index (χ0v) is 21.7. The summed E-state index contributed by atoms with van der Waals surface area (Å²) in [6, 6.07) is 4.29. The molecule has 1 unspecified atom stereocenters. The predicted octanol–water partition coefficient (Wildman–Crippen LogP) is -2.87. The molecule has 1 aromatic heterocycles. The standard InChI is InChI=1S/C22H26N6O7.Ca/c1-11(29)28-14(6-7-15-18(28)20(33)27-22(23)26-15)10-24-13-4-2-12(3-5-13)19(32)25-16(21(34)35)8-9-17(30)31;/h2-5,14,16,24H,6-10H2,1H3,(H,25,32)(H,30,31)(H,34,35)(H3,23,26,27,33);/q;+2/p-2/t14-,16?;/m1./s1. The summed E-state index contributed by atoms with van der Waals surface area (Å²) in [5.74, 6) is -4.07. The monoisotopic (exact) mass is 524 g/mol. The second kappa shape index (κ2) is 12.7. The maximum atomic E-state index is 12.4. The van der Waals surface area contributed by atoms with E-state index in [2.05, 4.69) is 20.6 Å². The largest absolute Gasteiger partial charge is 2.00 e. The molecule has 0 bridgehead atoms.